The molecule has 1 aromatic carbocycles. The molecule has 0 aliphatic carbocycles. The van der Waals surface area contributed by atoms with Crippen LogP contribution in [0, 0.1) is 20.8 Å². The maximum absolute atomic E-state index is 5.37. The predicted octanol–water partition coefficient (Wildman–Crippen LogP) is 3.72. The highest BCUT2D eigenvalue weighted by atomic mass is 16.5. The summed E-state index contributed by atoms with van der Waals surface area (Å²) in [6.07, 6.45) is 1.75. The minimum absolute atomic E-state index is 0.534. The summed E-state index contributed by atoms with van der Waals surface area (Å²) in [5.74, 6) is 1.11. The molecule has 4 nitrogen and oxygen atoms in total. The van der Waals surface area contributed by atoms with Gasteiger partial charge in [0.2, 0.25) is 5.82 Å². The van der Waals surface area contributed by atoms with E-state index in [9.17, 15) is 0 Å². The van der Waals surface area contributed by atoms with E-state index in [1.54, 1.807) is 6.20 Å². The van der Waals surface area contributed by atoms with E-state index >= 15 is 0 Å². The van der Waals surface area contributed by atoms with E-state index in [1.165, 1.54) is 11.1 Å². The molecule has 20 heavy (non-hydrogen) atoms. The smallest absolute Gasteiger partial charge is 0.258 e. The molecule has 0 bridgehead atoms. The molecule has 4 heteroatoms. The Labute approximate surface area is 117 Å². The Hall–Kier alpha value is -2.49. The van der Waals surface area contributed by atoms with Crippen LogP contribution in [0.1, 0.15) is 16.8 Å². The molecule has 0 aliphatic heterocycles. The zero-order valence-corrected chi connectivity index (χ0v) is 11.7. The number of aryl methyl sites for hydroxylation is 3. The van der Waals surface area contributed by atoms with Gasteiger partial charge in [-0.1, -0.05) is 11.2 Å². The van der Waals surface area contributed by atoms with E-state index in [4.69, 9.17) is 4.52 Å². The van der Waals surface area contributed by atoms with Gasteiger partial charge in [-0.15, -0.1) is 0 Å². The summed E-state index contributed by atoms with van der Waals surface area (Å²) in [5, 5.41) is 4.05. The summed E-state index contributed by atoms with van der Waals surface area (Å²) in [6.45, 7) is 6.08. The average Bonchev–Trinajstić information content (AvgIpc) is 2.92. The molecule has 0 spiro atoms. The largest absolute Gasteiger partial charge is 0.334 e. The van der Waals surface area contributed by atoms with Crippen LogP contribution < -0.4 is 0 Å². The lowest BCUT2D eigenvalue weighted by Gasteiger charge is -2.00. The molecule has 0 saturated heterocycles. The number of hydrogen-bond donors (Lipinski definition) is 0. The Bertz CT molecular complexity index is 762. The number of benzene rings is 1. The van der Waals surface area contributed by atoms with Crippen molar-refractivity contribution in [1.29, 1.82) is 0 Å². The zero-order valence-electron chi connectivity index (χ0n) is 11.7. The number of pyridine rings is 1. The molecule has 0 N–H and O–H groups in total. The molecular weight excluding hydrogens is 250 g/mol. The lowest BCUT2D eigenvalue weighted by atomic mass is 10.1. The van der Waals surface area contributed by atoms with Gasteiger partial charge >= 0.3 is 0 Å². The van der Waals surface area contributed by atoms with E-state index < -0.39 is 0 Å². The van der Waals surface area contributed by atoms with Gasteiger partial charge in [0.15, 0.2) is 0 Å². The van der Waals surface area contributed by atoms with Gasteiger partial charge in [0.1, 0.15) is 0 Å². The first-order valence-corrected chi connectivity index (χ1v) is 6.48. The fraction of sp³-hybridized carbons (Fsp3) is 0.188. The number of hydrogen-bond acceptors (Lipinski definition) is 4. The van der Waals surface area contributed by atoms with Crippen LogP contribution in [-0.4, -0.2) is 15.1 Å². The molecule has 100 valence electrons. The topological polar surface area (TPSA) is 51.8 Å². The summed E-state index contributed by atoms with van der Waals surface area (Å²) in [4.78, 5) is 8.71. The molecular formula is C16H15N3O. The Morgan fingerprint density at radius 3 is 2.60 bits per heavy atom. The number of rotatable bonds is 2. The maximum atomic E-state index is 5.37. The third kappa shape index (κ3) is 2.20. The molecule has 2 heterocycles. The van der Waals surface area contributed by atoms with Crippen molar-refractivity contribution in [3.05, 3.63) is 53.3 Å². The quantitative estimate of drug-likeness (QED) is 0.708. The summed E-state index contributed by atoms with van der Waals surface area (Å²) < 4.78 is 5.37. The molecule has 2 aromatic heterocycles. The normalized spacial score (nSPS) is 10.8. The summed E-state index contributed by atoms with van der Waals surface area (Å²) in [5.41, 5.74) is 5.18. The van der Waals surface area contributed by atoms with Crippen LogP contribution in [0.4, 0.5) is 0 Å². The first-order valence-electron chi connectivity index (χ1n) is 6.48. The van der Waals surface area contributed by atoms with Gasteiger partial charge in [0.05, 0.1) is 0 Å². The third-order valence-electron chi connectivity index (χ3n) is 3.43. The highest BCUT2D eigenvalue weighted by Gasteiger charge is 2.12. The fourth-order valence-electron chi connectivity index (χ4n) is 2.05. The van der Waals surface area contributed by atoms with E-state index in [0.29, 0.717) is 11.7 Å². The predicted molar refractivity (Wildman–Crippen MR) is 77.2 cm³/mol. The Balaban J connectivity index is 2.02. The van der Waals surface area contributed by atoms with Crippen LogP contribution in [0.25, 0.3) is 22.8 Å². The van der Waals surface area contributed by atoms with Crippen LogP contribution in [0.3, 0.4) is 0 Å². The zero-order chi connectivity index (χ0) is 14.1. The van der Waals surface area contributed by atoms with Crippen molar-refractivity contribution >= 4 is 0 Å². The molecule has 3 aromatic rings. The van der Waals surface area contributed by atoms with Gasteiger partial charge in [-0.25, -0.2) is 0 Å². The first-order chi connectivity index (χ1) is 9.65. The van der Waals surface area contributed by atoms with Gasteiger partial charge in [0, 0.05) is 23.0 Å². The molecule has 0 unspecified atom stereocenters. The van der Waals surface area contributed by atoms with Crippen LogP contribution in [0.5, 0.6) is 0 Å². The lowest BCUT2D eigenvalue weighted by Crippen LogP contribution is -1.88. The first kappa shape index (κ1) is 12.5. The Morgan fingerprint density at radius 2 is 1.85 bits per heavy atom. The minimum atomic E-state index is 0.534. The summed E-state index contributed by atoms with van der Waals surface area (Å²) in [7, 11) is 0. The van der Waals surface area contributed by atoms with Gasteiger partial charge in [-0.05, 0) is 56.2 Å². The standard InChI is InChI=1S/C16H15N3O/c1-10-6-7-13(9-11(10)2)16-18-15(19-20-16)14-5-4-8-17-12(14)3/h4-9H,1-3H3. The Morgan fingerprint density at radius 1 is 1.00 bits per heavy atom. The second kappa shape index (κ2) is 4.89. The molecule has 0 fully saturated rings. The van der Waals surface area contributed by atoms with E-state index in [2.05, 4.69) is 41.1 Å². The minimum Gasteiger partial charge on any atom is -0.334 e. The SMILES string of the molecule is Cc1ccc(-c2nc(-c3cccnc3C)no2)cc1C. The van der Waals surface area contributed by atoms with Gasteiger partial charge in [-0.2, -0.15) is 4.98 Å². The van der Waals surface area contributed by atoms with Gasteiger partial charge in [0.25, 0.3) is 5.89 Å². The fourth-order valence-corrected chi connectivity index (χ4v) is 2.05. The average molecular weight is 265 g/mol. The van der Waals surface area contributed by atoms with Gasteiger partial charge in [-0.3, -0.25) is 4.98 Å². The second-order valence-electron chi connectivity index (χ2n) is 4.86. The van der Waals surface area contributed by atoms with Crippen LogP contribution >= 0.6 is 0 Å². The number of nitrogens with zero attached hydrogens (tertiary/aromatic N) is 3. The van der Waals surface area contributed by atoms with Crippen LogP contribution in [-0.2, 0) is 0 Å². The number of aromatic nitrogens is 3. The Kier molecular flexibility index (Phi) is 3.06. The van der Waals surface area contributed by atoms with Crippen molar-refractivity contribution < 1.29 is 4.52 Å². The monoisotopic (exact) mass is 265 g/mol. The molecule has 0 radical (unpaired) electrons. The van der Waals surface area contributed by atoms with Gasteiger partial charge < -0.3 is 4.52 Å². The van der Waals surface area contributed by atoms with E-state index in [-0.39, 0.29) is 0 Å². The summed E-state index contributed by atoms with van der Waals surface area (Å²) in [6, 6.07) is 9.92. The van der Waals surface area contributed by atoms with Crippen LogP contribution in [0.15, 0.2) is 41.1 Å². The highest BCUT2D eigenvalue weighted by molar-refractivity contribution is 5.62. The highest BCUT2D eigenvalue weighted by Crippen LogP contribution is 2.24. The summed E-state index contributed by atoms with van der Waals surface area (Å²) >= 11 is 0. The third-order valence-corrected chi connectivity index (χ3v) is 3.43. The van der Waals surface area contributed by atoms with E-state index in [1.807, 2.05) is 25.1 Å². The molecule has 0 atom stereocenters. The molecule has 0 amide bonds. The van der Waals surface area contributed by atoms with Crippen molar-refractivity contribution in [2.75, 3.05) is 0 Å². The lowest BCUT2D eigenvalue weighted by molar-refractivity contribution is 0.432. The molecule has 0 saturated carbocycles. The van der Waals surface area contributed by atoms with E-state index in [0.717, 1.165) is 16.8 Å². The molecule has 3 rings (SSSR count). The van der Waals surface area contributed by atoms with Crippen molar-refractivity contribution in [3.63, 3.8) is 0 Å². The van der Waals surface area contributed by atoms with Crippen molar-refractivity contribution in [2.45, 2.75) is 20.8 Å². The van der Waals surface area contributed by atoms with Crippen molar-refractivity contribution in [2.24, 2.45) is 0 Å². The van der Waals surface area contributed by atoms with Crippen molar-refractivity contribution in [3.8, 4) is 22.8 Å². The molecule has 0 aliphatic rings. The van der Waals surface area contributed by atoms with Crippen LogP contribution in [0.2, 0.25) is 0 Å². The second-order valence-corrected chi connectivity index (χ2v) is 4.86. The van der Waals surface area contributed by atoms with Crippen molar-refractivity contribution in [1.82, 2.24) is 15.1 Å². The maximum Gasteiger partial charge on any atom is 0.258 e.